The van der Waals surface area contributed by atoms with Gasteiger partial charge >= 0.3 is 0 Å². The molecule has 1 saturated heterocycles. The van der Waals surface area contributed by atoms with Crippen LogP contribution in [0.1, 0.15) is 39.5 Å². The van der Waals surface area contributed by atoms with Crippen molar-refractivity contribution in [3.8, 4) is 0 Å². The lowest BCUT2D eigenvalue weighted by Crippen LogP contribution is -2.47. The minimum absolute atomic E-state index is 0.0208. The van der Waals surface area contributed by atoms with E-state index in [2.05, 4.69) is 10.2 Å². The van der Waals surface area contributed by atoms with Gasteiger partial charge in [-0.25, -0.2) is 0 Å². The van der Waals surface area contributed by atoms with Crippen molar-refractivity contribution in [3.05, 3.63) is 0 Å². The average Bonchev–Trinajstić information content (AvgIpc) is 3.05. The Balaban J connectivity index is 1.47. The van der Waals surface area contributed by atoms with Crippen LogP contribution in [0.2, 0.25) is 0 Å². The molecule has 1 heterocycles. The first kappa shape index (κ1) is 15.9. The molecule has 5 heteroatoms. The van der Waals surface area contributed by atoms with E-state index in [1.54, 1.807) is 0 Å². The summed E-state index contributed by atoms with van der Waals surface area (Å²) in [5.74, 6) is 0.536. The Bertz CT molecular complexity index is 457. The molecule has 1 N–H and O–H groups in total. The standard InChI is InChI=1S/C17H28N2O3/c1-16(2)13-4-5-17(12-13,14(16)20)15(21)18-6-3-7-19-8-10-22-11-9-19/h13H,3-12H2,1-2H3,(H,18,21). The SMILES string of the molecule is CC1(C)C(=O)C2(C(=O)NCCCN3CCOCC3)CCC1C2. The Morgan fingerprint density at radius 3 is 2.73 bits per heavy atom. The number of morpholine rings is 1. The number of hydrogen-bond acceptors (Lipinski definition) is 4. The molecule has 0 spiro atoms. The number of amides is 1. The number of nitrogens with zero attached hydrogens (tertiary/aromatic N) is 1. The van der Waals surface area contributed by atoms with E-state index in [9.17, 15) is 9.59 Å². The van der Waals surface area contributed by atoms with Crippen LogP contribution in [-0.2, 0) is 14.3 Å². The Morgan fingerprint density at radius 1 is 1.36 bits per heavy atom. The largest absolute Gasteiger partial charge is 0.379 e. The molecular weight excluding hydrogens is 280 g/mol. The summed E-state index contributed by atoms with van der Waals surface area (Å²) in [6, 6.07) is 0. The van der Waals surface area contributed by atoms with Gasteiger partial charge < -0.3 is 10.1 Å². The highest BCUT2D eigenvalue weighted by Gasteiger charge is 2.64. The van der Waals surface area contributed by atoms with Crippen molar-refractivity contribution in [1.82, 2.24) is 10.2 Å². The summed E-state index contributed by atoms with van der Waals surface area (Å²) in [5.41, 5.74) is -1.03. The maximum absolute atomic E-state index is 12.6. The van der Waals surface area contributed by atoms with Crippen molar-refractivity contribution in [3.63, 3.8) is 0 Å². The second kappa shape index (κ2) is 5.93. The summed E-state index contributed by atoms with van der Waals surface area (Å²) in [7, 11) is 0. The predicted octanol–water partition coefficient (Wildman–Crippen LogP) is 1.22. The van der Waals surface area contributed by atoms with E-state index in [0.29, 0.717) is 12.5 Å². The molecular formula is C17H28N2O3. The molecule has 2 unspecified atom stereocenters. The van der Waals surface area contributed by atoms with E-state index >= 15 is 0 Å². The predicted molar refractivity (Wildman–Crippen MR) is 83.4 cm³/mol. The van der Waals surface area contributed by atoms with E-state index in [1.807, 2.05) is 13.8 Å². The Hall–Kier alpha value is -0.940. The highest BCUT2D eigenvalue weighted by atomic mass is 16.5. The molecule has 0 aromatic carbocycles. The fourth-order valence-corrected chi connectivity index (χ4v) is 4.48. The van der Waals surface area contributed by atoms with Gasteiger partial charge in [0, 0.05) is 25.0 Å². The molecule has 0 radical (unpaired) electrons. The van der Waals surface area contributed by atoms with E-state index < -0.39 is 5.41 Å². The maximum atomic E-state index is 12.6. The monoisotopic (exact) mass is 308 g/mol. The van der Waals surface area contributed by atoms with Gasteiger partial charge in [-0.15, -0.1) is 0 Å². The number of rotatable bonds is 5. The normalized spacial score (nSPS) is 34.1. The number of carbonyl (C=O) groups is 2. The molecule has 3 aliphatic rings. The number of hydrogen-bond donors (Lipinski definition) is 1. The van der Waals surface area contributed by atoms with Crippen LogP contribution in [-0.4, -0.2) is 56.0 Å². The van der Waals surface area contributed by atoms with Crippen molar-refractivity contribution in [2.24, 2.45) is 16.7 Å². The van der Waals surface area contributed by atoms with Crippen LogP contribution in [0.15, 0.2) is 0 Å². The Morgan fingerprint density at radius 2 is 2.09 bits per heavy atom. The molecule has 2 atom stereocenters. The fraction of sp³-hybridized carbons (Fsp3) is 0.882. The van der Waals surface area contributed by atoms with Crippen molar-refractivity contribution >= 4 is 11.7 Å². The molecule has 0 aromatic rings. The summed E-state index contributed by atoms with van der Waals surface area (Å²) in [4.78, 5) is 27.6. The summed E-state index contributed by atoms with van der Waals surface area (Å²) in [5, 5.41) is 3.03. The number of ether oxygens (including phenoxy) is 1. The lowest BCUT2D eigenvalue weighted by atomic mass is 9.70. The molecule has 124 valence electrons. The van der Waals surface area contributed by atoms with E-state index in [0.717, 1.165) is 58.5 Å². The van der Waals surface area contributed by atoms with Gasteiger partial charge in [-0.3, -0.25) is 14.5 Å². The first-order chi connectivity index (χ1) is 10.5. The first-order valence-corrected chi connectivity index (χ1v) is 8.60. The molecule has 1 aliphatic heterocycles. The average molecular weight is 308 g/mol. The van der Waals surface area contributed by atoms with Crippen LogP contribution >= 0.6 is 0 Å². The summed E-state index contributed by atoms with van der Waals surface area (Å²) >= 11 is 0. The molecule has 0 aromatic heterocycles. The topological polar surface area (TPSA) is 58.6 Å². The van der Waals surface area contributed by atoms with E-state index in [4.69, 9.17) is 4.74 Å². The number of nitrogens with one attached hydrogen (secondary N) is 1. The van der Waals surface area contributed by atoms with Crippen LogP contribution < -0.4 is 5.32 Å². The number of Topliss-reactive ketones (excluding diaryl/α,β-unsaturated/α-hetero) is 1. The minimum atomic E-state index is -0.715. The fourth-order valence-electron chi connectivity index (χ4n) is 4.48. The maximum Gasteiger partial charge on any atom is 0.233 e. The van der Waals surface area contributed by atoms with Gasteiger partial charge in [0.25, 0.3) is 0 Å². The van der Waals surface area contributed by atoms with Crippen molar-refractivity contribution in [2.75, 3.05) is 39.4 Å². The number of fused-ring (bicyclic) bond motifs is 2. The van der Waals surface area contributed by atoms with Gasteiger partial charge in [0.2, 0.25) is 5.91 Å². The van der Waals surface area contributed by atoms with Crippen LogP contribution in [0.4, 0.5) is 0 Å². The molecule has 2 bridgehead atoms. The zero-order valence-electron chi connectivity index (χ0n) is 13.8. The minimum Gasteiger partial charge on any atom is -0.379 e. The summed E-state index contributed by atoms with van der Waals surface area (Å²) in [6.07, 6.45) is 3.45. The van der Waals surface area contributed by atoms with Gasteiger partial charge in [0.1, 0.15) is 5.41 Å². The highest BCUT2D eigenvalue weighted by molar-refractivity contribution is 6.10. The van der Waals surface area contributed by atoms with Crippen molar-refractivity contribution < 1.29 is 14.3 Å². The van der Waals surface area contributed by atoms with Crippen molar-refractivity contribution in [1.29, 1.82) is 0 Å². The molecule has 3 rings (SSSR count). The molecule has 22 heavy (non-hydrogen) atoms. The van der Waals surface area contributed by atoms with Crippen LogP contribution in [0, 0.1) is 16.7 Å². The summed E-state index contributed by atoms with van der Waals surface area (Å²) in [6.45, 7) is 9.23. The summed E-state index contributed by atoms with van der Waals surface area (Å²) < 4.78 is 5.33. The quantitative estimate of drug-likeness (QED) is 0.613. The number of carbonyl (C=O) groups excluding carboxylic acids is 2. The van der Waals surface area contributed by atoms with Crippen LogP contribution in [0.5, 0.6) is 0 Å². The van der Waals surface area contributed by atoms with Gasteiger partial charge in [-0.1, -0.05) is 13.8 Å². The third-order valence-corrected chi connectivity index (χ3v) is 6.03. The van der Waals surface area contributed by atoms with Gasteiger partial charge in [-0.05, 0) is 38.1 Å². The molecule has 3 fully saturated rings. The molecule has 1 amide bonds. The lowest BCUT2D eigenvalue weighted by Gasteiger charge is -2.32. The van der Waals surface area contributed by atoms with E-state index in [1.165, 1.54) is 0 Å². The highest BCUT2D eigenvalue weighted by Crippen LogP contribution is 2.60. The lowest BCUT2D eigenvalue weighted by molar-refractivity contribution is -0.145. The molecule has 2 aliphatic carbocycles. The zero-order valence-corrected chi connectivity index (χ0v) is 13.8. The van der Waals surface area contributed by atoms with Gasteiger partial charge in [-0.2, -0.15) is 0 Å². The van der Waals surface area contributed by atoms with Crippen LogP contribution in [0.25, 0.3) is 0 Å². The van der Waals surface area contributed by atoms with Crippen LogP contribution in [0.3, 0.4) is 0 Å². The second-order valence-electron chi connectivity index (χ2n) is 7.64. The third kappa shape index (κ3) is 2.58. The Labute approximate surface area is 132 Å². The Kier molecular flexibility index (Phi) is 4.29. The molecule has 2 saturated carbocycles. The third-order valence-electron chi connectivity index (χ3n) is 6.03. The van der Waals surface area contributed by atoms with Gasteiger partial charge in [0.05, 0.1) is 13.2 Å². The van der Waals surface area contributed by atoms with Crippen molar-refractivity contribution in [2.45, 2.75) is 39.5 Å². The van der Waals surface area contributed by atoms with Gasteiger partial charge in [0.15, 0.2) is 5.78 Å². The molecule has 5 nitrogen and oxygen atoms in total. The zero-order chi connectivity index (χ0) is 15.8. The first-order valence-electron chi connectivity index (χ1n) is 8.60. The second-order valence-corrected chi connectivity index (χ2v) is 7.64. The smallest absolute Gasteiger partial charge is 0.233 e. The van der Waals surface area contributed by atoms with E-state index in [-0.39, 0.29) is 17.1 Å². The number of ketones is 1.